The summed E-state index contributed by atoms with van der Waals surface area (Å²) in [6.45, 7) is 9.23. The lowest BCUT2D eigenvalue weighted by Gasteiger charge is -2.16. The van der Waals surface area contributed by atoms with Gasteiger partial charge >= 0.3 is 0 Å². The molecule has 0 bridgehead atoms. The van der Waals surface area contributed by atoms with Crippen LogP contribution in [0, 0.1) is 6.92 Å². The van der Waals surface area contributed by atoms with Crippen molar-refractivity contribution in [3.05, 3.63) is 17.0 Å². The van der Waals surface area contributed by atoms with Gasteiger partial charge in [-0.2, -0.15) is 0 Å². The molecule has 0 radical (unpaired) electrons. The number of aromatic nitrogens is 1. The summed E-state index contributed by atoms with van der Waals surface area (Å²) in [6, 6.07) is 0. The third-order valence-corrected chi connectivity index (χ3v) is 2.64. The van der Waals surface area contributed by atoms with Crippen molar-refractivity contribution in [2.75, 3.05) is 27.2 Å². The highest BCUT2D eigenvalue weighted by molar-refractivity contribution is 5.96. The smallest absolute Gasteiger partial charge is 0.256 e. The van der Waals surface area contributed by atoms with Gasteiger partial charge in [-0.05, 0) is 21.0 Å². The molecule has 102 valence electrons. The highest BCUT2D eigenvalue weighted by Gasteiger charge is 2.28. The van der Waals surface area contributed by atoms with Crippen LogP contribution in [0.25, 0.3) is 0 Å². The first-order chi connectivity index (χ1) is 8.23. The van der Waals surface area contributed by atoms with E-state index in [1.807, 2.05) is 39.8 Å². The van der Waals surface area contributed by atoms with Gasteiger partial charge in [-0.15, -0.1) is 0 Å². The number of nitrogens with one attached hydrogen (secondary N) is 1. The summed E-state index contributed by atoms with van der Waals surface area (Å²) in [5.41, 5.74) is 1.08. The fourth-order valence-electron chi connectivity index (χ4n) is 1.63. The summed E-state index contributed by atoms with van der Waals surface area (Å²) in [6.07, 6.45) is 0. The molecular formula is C13H23N3O2. The minimum atomic E-state index is -0.202. The normalized spacial score (nSPS) is 11.9. The molecule has 5 heteroatoms. The molecule has 0 aliphatic heterocycles. The number of rotatable bonds is 4. The van der Waals surface area contributed by atoms with Gasteiger partial charge in [-0.3, -0.25) is 4.79 Å². The van der Waals surface area contributed by atoms with Gasteiger partial charge in [-0.1, -0.05) is 25.9 Å². The highest BCUT2D eigenvalue weighted by Crippen LogP contribution is 2.26. The lowest BCUT2D eigenvalue weighted by atomic mass is 9.88. The zero-order chi connectivity index (χ0) is 13.9. The van der Waals surface area contributed by atoms with Crippen molar-refractivity contribution in [1.82, 2.24) is 15.4 Å². The van der Waals surface area contributed by atoms with Crippen molar-refractivity contribution in [1.29, 1.82) is 0 Å². The molecule has 0 atom stereocenters. The zero-order valence-corrected chi connectivity index (χ0v) is 12.1. The highest BCUT2D eigenvalue weighted by atomic mass is 16.5. The van der Waals surface area contributed by atoms with Gasteiger partial charge in [0.05, 0.1) is 0 Å². The van der Waals surface area contributed by atoms with Gasteiger partial charge in [0.15, 0.2) is 0 Å². The van der Waals surface area contributed by atoms with Crippen molar-refractivity contribution in [2.45, 2.75) is 33.1 Å². The largest absolute Gasteiger partial charge is 0.361 e. The second-order valence-electron chi connectivity index (χ2n) is 5.77. The summed E-state index contributed by atoms with van der Waals surface area (Å²) in [7, 11) is 3.94. The molecule has 0 saturated carbocycles. The maximum atomic E-state index is 12.1. The molecule has 0 aromatic carbocycles. The van der Waals surface area contributed by atoms with Gasteiger partial charge in [0.2, 0.25) is 0 Å². The molecule has 1 heterocycles. The van der Waals surface area contributed by atoms with Crippen LogP contribution in [0.5, 0.6) is 0 Å². The Labute approximate surface area is 109 Å². The Morgan fingerprint density at radius 2 is 2.00 bits per heavy atom. The van der Waals surface area contributed by atoms with E-state index in [4.69, 9.17) is 4.52 Å². The Morgan fingerprint density at radius 3 is 2.50 bits per heavy atom. The van der Waals surface area contributed by atoms with Crippen LogP contribution in [0.3, 0.4) is 0 Å². The Kier molecular flexibility index (Phi) is 4.51. The summed E-state index contributed by atoms with van der Waals surface area (Å²) >= 11 is 0. The first kappa shape index (κ1) is 14.7. The van der Waals surface area contributed by atoms with E-state index in [0.29, 0.717) is 23.6 Å². The molecule has 0 unspecified atom stereocenters. The number of likely N-dealkylation sites (N-methyl/N-ethyl adjacent to an activating group) is 1. The van der Waals surface area contributed by atoms with E-state index >= 15 is 0 Å². The third kappa shape index (κ3) is 3.57. The van der Waals surface area contributed by atoms with Crippen LogP contribution >= 0.6 is 0 Å². The number of amides is 1. The first-order valence-corrected chi connectivity index (χ1v) is 6.13. The predicted octanol–water partition coefficient (Wildman–Crippen LogP) is 1.57. The van der Waals surface area contributed by atoms with Crippen LogP contribution in [-0.2, 0) is 5.41 Å². The topological polar surface area (TPSA) is 58.4 Å². The monoisotopic (exact) mass is 253 g/mol. The minimum Gasteiger partial charge on any atom is -0.361 e. The number of carbonyl (C=O) groups is 1. The molecule has 1 aromatic rings. The maximum Gasteiger partial charge on any atom is 0.256 e. The molecule has 0 aliphatic rings. The first-order valence-electron chi connectivity index (χ1n) is 6.13. The van der Waals surface area contributed by atoms with E-state index in [0.717, 1.165) is 6.54 Å². The molecule has 1 aromatic heterocycles. The van der Waals surface area contributed by atoms with Crippen LogP contribution in [0.15, 0.2) is 4.52 Å². The van der Waals surface area contributed by atoms with Gasteiger partial charge in [0.1, 0.15) is 17.0 Å². The average molecular weight is 253 g/mol. The van der Waals surface area contributed by atoms with Crippen molar-refractivity contribution in [3.63, 3.8) is 0 Å². The number of hydrogen-bond donors (Lipinski definition) is 1. The number of carbonyl (C=O) groups excluding carboxylic acids is 1. The number of hydrogen-bond acceptors (Lipinski definition) is 4. The van der Waals surface area contributed by atoms with E-state index in [2.05, 4.69) is 10.5 Å². The Hall–Kier alpha value is -1.36. The molecule has 1 N–H and O–H groups in total. The van der Waals surface area contributed by atoms with Crippen LogP contribution < -0.4 is 5.32 Å². The van der Waals surface area contributed by atoms with Gasteiger partial charge in [-0.25, -0.2) is 0 Å². The lowest BCUT2D eigenvalue weighted by molar-refractivity contribution is 0.0947. The fourth-order valence-corrected chi connectivity index (χ4v) is 1.63. The summed E-state index contributed by atoms with van der Waals surface area (Å²) in [5.74, 6) is 0.461. The van der Waals surface area contributed by atoms with E-state index in [1.54, 1.807) is 6.92 Å². The molecule has 5 nitrogen and oxygen atoms in total. The molecule has 0 saturated heterocycles. The maximum absolute atomic E-state index is 12.1. The van der Waals surface area contributed by atoms with Gasteiger partial charge in [0.25, 0.3) is 5.91 Å². The molecule has 0 spiro atoms. The van der Waals surface area contributed by atoms with E-state index in [1.165, 1.54) is 0 Å². The molecular weight excluding hydrogens is 230 g/mol. The second-order valence-corrected chi connectivity index (χ2v) is 5.77. The summed E-state index contributed by atoms with van der Waals surface area (Å²) in [5, 5.41) is 6.89. The van der Waals surface area contributed by atoms with E-state index in [9.17, 15) is 4.79 Å². The Balaban J connectivity index is 2.82. The molecule has 0 fully saturated rings. The van der Waals surface area contributed by atoms with Crippen LogP contribution in [-0.4, -0.2) is 43.1 Å². The van der Waals surface area contributed by atoms with Crippen molar-refractivity contribution >= 4 is 5.91 Å². The standard InChI is InChI=1S/C13H23N3O2/c1-9-10(11(15-18-9)13(2,3)4)12(17)14-7-8-16(5)6/h7-8H2,1-6H3,(H,14,17). The zero-order valence-electron chi connectivity index (χ0n) is 12.1. The summed E-state index contributed by atoms with van der Waals surface area (Å²) in [4.78, 5) is 14.2. The van der Waals surface area contributed by atoms with Crippen LogP contribution in [0.2, 0.25) is 0 Å². The lowest BCUT2D eigenvalue weighted by Crippen LogP contribution is -2.33. The summed E-state index contributed by atoms with van der Waals surface area (Å²) < 4.78 is 5.15. The predicted molar refractivity (Wildman–Crippen MR) is 70.8 cm³/mol. The van der Waals surface area contributed by atoms with Crippen LogP contribution in [0.4, 0.5) is 0 Å². The Bertz CT molecular complexity index is 416. The van der Waals surface area contributed by atoms with Crippen molar-refractivity contribution < 1.29 is 9.32 Å². The van der Waals surface area contributed by atoms with Crippen molar-refractivity contribution in [3.8, 4) is 0 Å². The average Bonchev–Trinajstić information content (AvgIpc) is 2.58. The minimum absolute atomic E-state index is 0.111. The number of nitrogens with zero attached hydrogens (tertiary/aromatic N) is 2. The Morgan fingerprint density at radius 1 is 1.39 bits per heavy atom. The molecule has 1 rings (SSSR count). The van der Waals surface area contributed by atoms with Gasteiger partial charge < -0.3 is 14.7 Å². The fraction of sp³-hybridized carbons (Fsp3) is 0.692. The van der Waals surface area contributed by atoms with E-state index in [-0.39, 0.29) is 11.3 Å². The number of aryl methyl sites for hydroxylation is 1. The molecule has 18 heavy (non-hydrogen) atoms. The second kappa shape index (κ2) is 5.52. The van der Waals surface area contributed by atoms with Crippen molar-refractivity contribution in [2.24, 2.45) is 0 Å². The van der Waals surface area contributed by atoms with Gasteiger partial charge in [0, 0.05) is 18.5 Å². The molecule has 0 aliphatic carbocycles. The van der Waals surface area contributed by atoms with E-state index < -0.39 is 0 Å². The third-order valence-electron chi connectivity index (χ3n) is 2.64. The molecule has 1 amide bonds. The van der Waals surface area contributed by atoms with Crippen LogP contribution in [0.1, 0.15) is 42.6 Å². The SMILES string of the molecule is Cc1onc(C(C)(C)C)c1C(=O)NCCN(C)C. The quantitative estimate of drug-likeness (QED) is 0.885.